The molecule has 0 N–H and O–H groups in total. The smallest absolute Gasteiger partial charge is 0.311 e. The number of carbonyl (C=O) groups is 1. The Kier molecular flexibility index (Phi) is 3.70. The molecule has 3 heteroatoms. The lowest BCUT2D eigenvalue weighted by Gasteiger charge is -2.54. The first-order valence-corrected chi connectivity index (χ1v) is 8.21. The number of esters is 1. The second kappa shape index (κ2) is 5.29. The number of benzene rings is 1. The van der Waals surface area contributed by atoms with Crippen molar-refractivity contribution in [1.82, 2.24) is 0 Å². The van der Waals surface area contributed by atoms with Crippen LogP contribution in [0.4, 0.5) is 0 Å². The molecule has 0 aromatic heterocycles. The van der Waals surface area contributed by atoms with Crippen LogP contribution in [0.1, 0.15) is 50.7 Å². The molecule has 0 radical (unpaired) electrons. The Balaban J connectivity index is 2.09. The summed E-state index contributed by atoms with van der Waals surface area (Å²) in [5.74, 6) is 1.20. The van der Waals surface area contributed by atoms with Crippen LogP contribution < -0.4 is 4.74 Å². The maximum absolute atomic E-state index is 12.5. The van der Waals surface area contributed by atoms with Gasteiger partial charge in [0.1, 0.15) is 5.75 Å². The van der Waals surface area contributed by atoms with Gasteiger partial charge in [0.2, 0.25) is 0 Å². The molecule has 2 aliphatic carbocycles. The first-order valence-electron chi connectivity index (χ1n) is 8.21. The van der Waals surface area contributed by atoms with Crippen LogP contribution in [-0.2, 0) is 21.4 Å². The molecular weight excluding hydrogens is 276 g/mol. The van der Waals surface area contributed by atoms with E-state index in [0.717, 1.165) is 37.9 Å². The summed E-state index contributed by atoms with van der Waals surface area (Å²) in [4.78, 5) is 12.5. The van der Waals surface area contributed by atoms with Gasteiger partial charge in [-0.05, 0) is 67.2 Å². The Morgan fingerprint density at radius 3 is 2.68 bits per heavy atom. The largest absolute Gasteiger partial charge is 0.497 e. The Labute approximate surface area is 133 Å². The predicted molar refractivity (Wildman–Crippen MR) is 86.1 cm³/mol. The van der Waals surface area contributed by atoms with Crippen molar-refractivity contribution in [2.75, 3.05) is 14.2 Å². The summed E-state index contributed by atoms with van der Waals surface area (Å²) in [6, 6.07) is 6.43. The molecular formula is C19H26O3. The second-order valence-electron chi connectivity index (χ2n) is 7.29. The Bertz CT molecular complexity index is 594. The zero-order chi connectivity index (χ0) is 16.0. The molecule has 120 valence electrons. The van der Waals surface area contributed by atoms with E-state index in [4.69, 9.17) is 9.47 Å². The molecule has 3 nitrogen and oxygen atoms in total. The van der Waals surface area contributed by atoms with Crippen LogP contribution in [0, 0.1) is 11.3 Å². The molecule has 22 heavy (non-hydrogen) atoms. The van der Waals surface area contributed by atoms with Crippen LogP contribution in [0.25, 0.3) is 0 Å². The van der Waals surface area contributed by atoms with E-state index in [-0.39, 0.29) is 16.8 Å². The molecule has 1 fully saturated rings. The topological polar surface area (TPSA) is 35.5 Å². The molecule has 0 bridgehead atoms. The van der Waals surface area contributed by atoms with Crippen LogP contribution in [0.15, 0.2) is 18.2 Å². The number of fused-ring (bicyclic) bond motifs is 3. The molecule has 1 aromatic carbocycles. The fourth-order valence-corrected chi connectivity index (χ4v) is 5.04. The monoisotopic (exact) mass is 302 g/mol. The molecule has 0 heterocycles. The molecule has 2 aliphatic rings. The minimum absolute atomic E-state index is 0.0311. The van der Waals surface area contributed by atoms with E-state index in [1.54, 1.807) is 7.11 Å². The fraction of sp³-hybridized carbons (Fsp3) is 0.632. The third-order valence-electron chi connectivity index (χ3n) is 6.22. The Morgan fingerprint density at radius 2 is 2.00 bits per heavy atom. The lowest BCUT2D eigenvalue weighted by Crippen LogP contribution is -2.52. The molecule has 3 atom stereocenters. The molecule has 0 amide bonds. The summed E-state index contributed by atoms with van der Waals surface area (Å²) < 4.78 is 10.6. The number of aryl methyl sites for hydroxylation is 1. The zero-order valence-corrected chi connectivity index (χ0v) is 14.1. The maximum Gasteiger partial charge on any atom is 0.311 e. The molecule has 0 saturated heterocycles. The van der Waals surface area contributed by atoms with Gasteiger partial charge in [-0.3, -0.25) is 4.79 Å². The number of ether oxygens (including phenoxy) is 2. The van der Waals surface area contributed by atoms with Crippen LogP contribution >= 0.6 is 0 Å². The molecule has 0 spiro atoms. The normalized spacial score (nSPS) is 33.5. The van der Waals surface area contributed by atoms with E-state index in [1.165, 1.54) is 18.2 Å². The van der Waals surface area contributed by atoms with Gasteiger partial charge in [0.25, 0.3) is 0 Å². The highest BCUT2D eigenvalue weighted by Gasteiger charge is 2.55. The van der Waals surface area contributed by atoms with E-state index in [9.17, 15) is 4.79 Å². The summed E-state index contributed by atoms with van der Waals surface area (Å²) in [6.07, 6.45) is 5.21. The van der Waals surface area contributed by atoms with E-state index in [0.29, 0.717) is 5.92 Å². The van der Waals surface area contributed by atoms with Gasteiger partial charge in [-0.15, -0.1) is 0 Å². The standard InChI is InChI=1S/C19H26O3/c1-18-10-5-11-19(2,17(20)22-4)16(18)9-7-13-6-8-14(21-3)12-15(13)18/h6,8,12,16H,5,7,9-11H2,1-4H3/t16-,18+,19+/m0/s1. The average molecular weight is 302 g/mol. The molecule has 1 saturated carbocycles. The van der Waals surface area contributed by atoms with Crippen molar-refractivity contribution >= 4 is 5.97 Å². The van der Waals surface area contributed by atoms with Crippen molar-refractivity contribution in [2.24, 2.45) is 11.3 Å². The highest BCUT2D eigenvalue weighted by Crippen LogP contribution is 2.57. The van der Waals surface area contributed by atoms with Crippen molar-refractivity contribution < 1.29 is 14.3 Å². The third kappa shape index (κ3) is 2.05. The Hall–Kier alpha value is -1.51. The maximum atomic E-state index is 12.5. The SMILES string of the molecule is COC(=O)[C@]1(C)CCC[C@]2(C)c3cc(OC)ccc3CC[C@H]12. The number of hydrogen-bond donors (Lipinski definition) is 0. The average Bonchev–Trinajstić information content (AvgIpc) is 2.53. The first kappa shape index (κ1) is 15.4. The van der Waals surface area contributed by atoms with Crippen LogP contribution in [-0.4, -0.2) is 20.2 Å². The zero-order valence-electron chi connectivity index (χ0n) is 14.1. The first-order chi connectivity index (χ1) is 10.5. The second-order valence-corrected chi connectivity index (χ2v) is 7.29. The predicted octanol–water partition coefficient (Wildman–Crippen LogP) is 3.88. The molecule has 0 unspecified atom stereocenters. The van der Waals surface area contributed by atoms with Gasteiger partial charge in [0.15, 0.2) is 0 Å². The van der Waals surface area contributed by atoms with Gasteiger partial charge in [0, 0.05) is 0 Å². The van der Waals surface area contributed by atoms with Crippen molar-refractivity contribution in [3.8, 4) is 5.75 Å². The summed E-state index contributed by atoms with van der Waals surface area (Å²) in [5, 5.41) is 0. The van der Waals surface area contributed by atoms with E-state index < -0.39 is 0 Å². The van der Waals surface area contributed by atoms with E-state index >= 15 is 0 Å². The van der Waals surface area contributed by atoms with Gasteiger partial charge >= 0.3 is 5.97 Å². The minimum atomic E-state index is -0.373. The summed E-state index contributed by atoms with van der Waals surface area (Å²) in [7, 11) is 3.23. The number of methoxy groups -OCH3 is 2. The quantitative estimate of drug-likeness (QED) is 0.778. The van der Waals surface area contributed by atoms with Crippen LogP contribution in [0.3, 0.4) is 0 Å². The molecule has 0 aliphatic heterocycles. The number of hydrogen-bond acceptors (Lipinski definition) is 3. The number of rotatable bonds is 2. The lowest BCUT2D eigenvalue weighted by atomic mass is 9.50. The summed E-state index contributed by atoms with van der Waals surface area (Å²) in [5.41, 5.74) is 2.44. The highest BCUT2D eigenvalue weighted by atomic mass is 16.5. The van der Waals surface area contributed by atoms with Gasteiger partial charge in [0.05, 0.1) is 19.6 Å². The van der Waals surface area contributed by atoms with Crippen molar-refractivity contribution in [3.05, 3.63) is 29.3 Å². The fourth-order valence-electron chi connectivity index (χ4n) is 5.04. The third-order valence-corrected chi connectivity index (χ3v) is 6.22. The van der Waals surface area contributed by atoms with Crippen molar-refractivity contribution in [1.29, 1.82) is 0 Å². The molecule has 1 aromatic rings. The van der Waals surface area contributed by atoms with Crippen molar-refractivity contribution in [3.63, 3.8) is 0 Å². The van der Waals surface area contributed by atoms with Crippen molar-refractivity contribution in [2.45, 2.75) is 51.4 Å². The minimum Gasteiger partial charge on any atom is -0.497 e. The number of carbonyl (C=O) groups excluding carboxylic acids is 1. The van der Waals surface area contributed by atoms with Crippen LogP contribution in [0.5, 0.6) is 5.75 Å². The van der Waals surface area contributed by atoms with Gasteiger partial charge in [-0.2, -0.15) is 0 Å². The Morgan fingerprint density at radius 1 is 1.23 bits per heavy atom. The highest BCUT2D eigenvalue weighted by molar-refractivity contribution is 5.77. The van der Waals surface area contributed by atoms with E-state index in [1.807, 2.05) is 6.07 Å². The van der Waals surface area contributed by atoms with Gasteiger partial charge in [-0.1, -0.05) is 19.4 Å². The van der Waals surface area contributed by atoms with E-state index in [2.05, 4.69) is 26.0 Å². The van der Waals surface area contributed by atoms with Gasteiger partial charge < -0.3 is 9.47 Å². The lowest BCUT2D eigenvalue weighted by molar-refractivity contribution is -0.161. The van der Waals surface area contributed by atoms with Gasteiger partial charge in [-0.25, -0.2) is 0 Å². The van der Waals surface area contributed by atoms with Crippen LogP contribution in [0.2, 0.25) is 0 Å². The molecule has 3 rings (SSSR count). The summed E-state index contributed by atoms with van der Waals surface area (Å²) in [6.45, 7) is 4.43. The summed E-state index contributed by atoms with van der Waals surface area (Å²) >= 11 is 0.